The van der Waals surface area contributed by atoms with E-state index in [-0.39, 0.29) is 12.4 Å². The number of nitrogens with one attached hydrogen (secondary N) is 1. The van der Waals surface area contributed by atoms with E-state index in [0.717, 1.165) is 41.1 Å². The maximum absolute atomic E-state index is 13.2. The maximum atomic E-state index is 13.2. The van der Waals surface area contributed by atoms with Gasteiger partial charge in [-0.15, -0.1) is 11.3 Å². The second-order valence-electron chi connectivity index (χ2n) is 11.1. The summed E-state index contributed by atoms with van der Waals surface area (Å²) < 4.78 is 39.5. The van der Waals surface area contributed by atoms with Gasteiger partial charge < -0.3 is 15.5 Å². The fraction of sp³-hybridized carbons (Fsp3) is 0.429. The molecule has 0 bridgehead atoms. The molecule has 2 heterocycles. The number of hydrogen-bond donors (Lipinski definition) is 3. The van der Waals surface area contributed by atoms with Crippen molar-refractivity contribution in [2.75, 3.05) is 5.32 Å². The van der Waals surface area contributed by atoms with Crippen LogP contribution in [0.25, 0.3) is 16.5 Å². The lowest BCUT2D eigenvalue weighted by molar-refractivity contribution is -0.154. The molecule has 0 unspecified atom stereocenters. The largest absolute Gasteiger partial charge is 0.481 e. The number of carboxylic acids is 1. The Hall–Kier alpha value is -3.31. The third-order valence-corrected chi connectivity index (χ3v) is 8.60. The number of carboxylic acid groups (broad SMARTS) is 1. The van der Waals surface area contributed by atoms with Gasteiger partial charge in [0.1, 0.15) is 16.3 Å². The summed E-state index contributed by atoms with van der Waals surface area (Å²) in [6.07, 6.45) is 5.44. The highest BCUT2D eigenvalue weighted by Gasteiger charge is 2.49. The Bertz CT molecular complexity index is 1420. The van der Waals surface area contributed by atoms with Crippen LogP contribution in [0.4, 0.5) is 24.8 Å². The highest BCUT2D eigenvalue weighted by atomic mass is 32.1. The van der Waals surface area contributed by atoms with E-state index in [1.54, 1.807) is 12.3 Å². The Morgan fingerprint density at radius 3 is 2.62 bits per heavy atom. The molecule has 206 valence electrons. The van der Waals surface area contributed by atoms with E-state index in [1.165, 1.54) is 11.3 Å². The van der Waals surface area contributed by atoms with Crippen LogP contribution in [-0.4, -0.2) is 31.1 Å². The Morgan fingerprint density at radius 2 is 1.95 bits per heavy atom. The van der Waals surface area contributed by atoms with Crippen molar-refractivity contribution in [2.45, 2.75) is 57.7 Å². The smallest absolute Gasteiger partial charge is 0.433 e. The lowest BCUT2D eigenvalue weighted by Gasteiger charge is -2.44. The van der Waals surface area contributed by atoms with Gasteiger partial charge in [0, 0.05) is 18.1 Å². The molecule has 2 atom stereocenters. The average Bonchev–Trinajstić information content (AvgIpc) is 3.53. The molecule has 3 aromatic rings. The summed E-state index contributed by atoms with van der Waals surface area (Å²) in [7, 11) is 0. The number of halogens is 3. The zero-order chi connectivity index (χ0) is 28.0. The van der Waals surface area contributed by atoms with Crippen molar-refractivity contribution < 1.29 is 28.2 Å². The van der Waals surface area contributed by atoms with Crippen LogP contribution in [0, 0.1) is 17.3 Å². The molecule has 5 rings (SSSR count). The molecule has 7 nitrogen and oxygen atoms in total. The summed E-state index contributed by atoms with van der Waals surface area (Å²) >= 11 is 1.33. The highest BCUT2D eigenvalue weighted by molar-refractivity contribution is 7.15. The van der Waals surface area contributed by atoms with Gasteiger partial charge in [-0.25, -0.2) is 15.0 Å². The molecular formula is C28H29F3N4O3S. The van der Waals surface area contributed by atoms with E-state index in [4.69, 9.17) is 0 Å². The molecule has 11 heteroatoms. The molecule has 2 aromatic heterocycles. The van der Waals surface area contributed by atoms with Crippen LogP contribution in [0.3, 0.4) is 0 Å². The summed E-state index contributed by atoms with van der Waals surface area (Å²) in [6, 6.07) is 6.38. The summed E-state index contributed by atoms with van der Waals surface area (Å²) in [5.41, 5.74) is -0.751. The summed E-state index contributed by atoms with van der Waals surface area (Å²) in [5, 5.41) is 24.5. The van der Waals surface area contributed by atoms with E-state index in [0.29, 0.717) is 29.5 Å². The predicted molar refractivity (Wildman–Crippen MR) is 142 cm³/mol. The minimum absolute atomic E-state index is 0.171. The van der Waals surface area contributed by atoms with Crippen LogP contribution in [-0.2, 0) is 16.6 Å². The summed E-state index contributed by atoms with van der Waals surface area (Å²) in [4.78, 5) is 24.5. The molecule has 1 aromatic carbocycles. The van der Waals surface area contributed by atoms with Crippen LogP contribution in [0.1, 0.15) is 62.2 Å². The van der Waals surface area contributed by atoms with Gasteiger partial charge in [0.25, 0.3) is 0 Å². The Kier molecular flexibility index (Phi) is 7.00. The number of aliphatic hydroxyl groups is 1. The molecule has 2 aliphatic rings. The number of benzene rings is 1. The normalized spacial score (nSPS) is 23.2. The third-order valence-electron chi connectivity index (χ3n) is 7.36. The minimum atomic E-state index is -4.59. The molecule has 0 saturated heterocycles. The first-order valence-corrected chi connectivity index (χ1v) is 13.6. The number of allylic oxidation sites excluding steroid dienone is 1. The molecular weight excluding hydrogens is 529 g/mol. The zero-order valence-electron chi connectivity index (χ0n) is 21.5. The number of aromatic nitrogens is 3. The number of thiazole rings is 1. The second-order valence-corrected chi connectivity index (χ2v) is 12.1. The van der Waals surface area contributed by atoms with E-state index >= 15 is 0 Å². The topological polar surface area (TPSA) is 108 Å². The second kappa shape index (κ2) is 10.0. The monoisotopic (exact) mass is 558 g/mol. The van der Waals surface area contributed by atoms with Crippen LogP contribution in [0.2, 0.25) is 0 Å². The van der Waals surface area contributed by atoms with Gasteiger partial charge in [-0.2, -0.15) is 13.2 Å². The van der Waals surface area contributed by atoms with E-state index in [2.05, 4.69) is 26.3 Å². The Labute approximate surface area is 227 Å². The molecule has 39 heavy (non-hydrogen) atoms. The van der Waals surface area contributed by atoms with Crippen LogP contribution in [0.15, 0.2) is 42.7 Å². The van der Waals surface area contributed by atoms with Crippen molar-refractivity contribution >= 4 is 35.0 Å². The number of alkyl halides is 3. The molecule has 0 amide bonds. The predicted octanol–water partition coefficient (Wildman–Crippen LogP) is 6.88. The SMILES string of the molecule is CC1(C)C[C@@](O)(c2ncc(-c3cc(C=CC4CC4)cc(Nc4nccc(C(F)(F)F)n4)c3)s2)CC[C@@H]1C(=O)O. The number of aliphatic carboxylic acids is 1. The Balaban J connectivity index is 1.45. The fourth-order valence-electron chi connectivity index (χ4n) is 5.21. The average molecular weight is 559 g/mol. The fourth-order valence-corrected chi connectivity index (χ4v) is 6.23. The van der Waals surface area contributed by atoms with Crippen molar-refractivity contribution in [1.82, 2.24) is 15.0 Å². The van der Waals surface area contributed by atoms with Crippen molar-refractivity contribution in [3.8, 4) is 10.4 Å². The molecule has 0 spiro atoms. The maximum Gasteiger partial charge on any atom is 0.433 e. The van der Waals surface area contributed by atoms with Crippen molar-refractivity contribution in [3.05, 3.63) is 59.0 Å². The number of nitrogens with zero attached hydrogens (tertiary/aromatic N) is 3. The zero-order valence-corrected chi connectivity index (χ0v) is 22.3. The van der Waals surface area contributed by atoms with Gasteiger partial charge in [0.05, 0.1) is 10.8 Å². The summed E-state index contributed by atoms with van der Waals surface area (Å²) in [6.45, 7) is 3.71. The number of rotatable bonds is 7. The Morgan fingerprint density at radius 1 is 1.18 bits per heavy atom. The van der Waals surface area contributed by atoms with Gasteiger partial charge in [-0.05, 0) is 78.8 Å². The first kappa shape index (κ1) is 27.3. The molecule has 2 saturated carbocycles. The third kappa shape index (κ3) is 6.14. The highest BCUT2D eigenvalue weighted by Crippen LogP contribution is 2.51. The van der Waals surface area contributed by atoms with E-state index < -0.39 is 34.8 Å². The van der Waals surface area contributed by atoms with Gasteiger partial charge in [0.15, 0.2) is 0 Å². The standard InChI is InChI=1S/C28H29F3N4O3S/c1-26(2)15-27(38,9-7-20(26)23(36)37)24-33-14-21(39-24)18-11-17(6-5-16-3-4-16)12-19(13-18)34-25-32-10-8-22(35-25)28(29,30)31/h5-6,8,10-14,16,20,38H,3-4,7,9,15H2,1-2H3,(H,36,37)(H,32,34,35)/t20-,27-/m1/s1. The first-order valence-electron chi connectivity index (χ1n) is 12.7. The molecule has 2 fully saturated rings. The van der Waals surface area contributed by atoms with E-state index in [9.17, 15) is 28.2 Å². The number of anilines is 2. The van der Waals surface area contributed by atoms with Crippen LogP contribution < -0.4 is 5.32 Å². The van der Waals surface area contributed by atoms with E-state index in [1.807, 2.05) is 32.1 Å². The summed E-state index contributed by atoms with van der Waals surface area (Å²) in [5.74, 6) is -1.04. The minimum Gasteiger partial charge on any atom is -0.481 e. The van der Waals surface area contributed by atoms with Crippen molar-refractivity contribution in [1.29, 1.82) is 0 Å². The number of hydrogen-bond acceptors (Lipinski definition) is 7. The van der Waals surface area contributed by atoms with Crippen LogP contribution >= 0.6 is 11.3 Å². The van der Waals surface area contributed by atoms with Gasteiger partial charge >= 0.3 is 12.1 Å². The lowest BCUT2D eigenvalue weighted by atomic mass is 9.63. The molecule has 0 aliphatic heterocycles. The molecule has 0 radical (unpaired) electrons. The van der Waals surface area contributed by atoms with Gasteiger partial charge in [-0.3, -0.25) is 4.79 Å². The first-order chi connectivity index (χ1) is 18.3. The van der Waals surface area contributed by atoms with Crippen molar-refractivity contribution in [3.63, 3.8) is 0 Å². The van der Waals surface area contributed by atoms with Gasteiger partial charge in [0.2, 0.25) is 5.95 Å². The quantitative estimate of drug-likeness (QED) is 0.290. The number of carbonyl (C=O) groups is 1. The van der Waals surface area contributed by atoms with Gasteiger partial charge in [-0.1, -0.05) is 26.0 Å². The van der Waals surface area contributed by atoms with Crippen LogP contribution in [0.5, 0.6) is 0 Å². The lowest BCUT2D eigenvalue weighted by Crippen LogP contribution is -2.44. The van der Waals surface area contributed by atoms with Crippen molar-refractivity contribution in [2.24, 2.45) is 17.3 Å². The molecule has 3 N–H and O–H groups in total. The molecule has 2 aliphatic carbocycles.